The Morgan fingerprint density at radius 3 is 2.86 bits per heavy atom. The first kappa shape index (κ1) is 14.8. The van der Waals surface area contributed by atoms with E-state index in [9.17, 15) is 4.79 Å². The minimum atomic E-state index is 0.145. The molecule has 2 heterocycles. The van der Waals surface area contributed by atoms with E-state index in [4.69, 9.17) is 0 Å². The maximum atomic E-state index is 12.6. The quantitative estimate of drug-likeness (QED) is 0.915. The Balaban J connectivity index is 1.68. The van der Waals surface area contributed by atoms with Crippen molar-refractivity contribution in [2.75, 3.05) is 20.1 Å². The topological polar surface area (TPSA) is 50.2 Å². The second-order valence-electron chi connectivity index (χ2n) is 5.78. The fourth-order valence-corrected chi connectivity index (χ4v) is 3.06. The molecule has 1 N–H and O–H groups in total. The third-order valence-electron chi connectivity index (χ3n) is 4.20. The minimum Gasteiger partial charge on any atom is -0.334 e. The highest BCUT2D eigenvalue weighted by molar-refractivity contribution is 5.94. The second-order valence-corrected chi connectivity index (χ2v) is 5.78. The van der Waals surface area contributed by atoms with Gasteiger partial charge in [0.1, 0.15) is 0 Å². The molecule has 0 bridgehead atoms. The summed E-state index contributed by atoms with van der Waals surface area (Å²) < 4.78 is 2.01. The first-order valence-electron chi connectivity index (χ1n) is 7.78. The number of hydrogen-bond donors (Lipinski definition) is 1. The van der Waals surface area contributed by atoms with Crippen molar-refractivity contribution in [3.63, 3.8) is 0 Å². The molecule has 1 aliphatic heterocycles. The molecule has 1 unspecified atom stereocenters. The molecule has 0 aliphatic carbocycles. The number of carbonyl (C=O) groups excluding carboxylic acids is 1. The monoisotopic (exact) mass is 298 g/mol. The Kier molecular flexibility index (Phi) is 4.53. The van der Waals surface area contributed by atoms with E-state index >= 15 is 0 Å². The van der Waals surface area contributed by atoms with Gasteiger partial charge in [-0.1, -0.05) is 12.1 Å². The summed E-state index contributed by atoms with van der Waals surface area (Å²) in [6.07, 6.45) is 7.69. The molecule has 22 heavy (non-hydrogen) atoms. The van der Waals surface area contributed by atoms with Crippen LogP contribution in [-0.2, 0) is 6.54 Å². The first-order valence-corrected chi connectivity index (χ1v) is 7.78. The van der Waals surface area contributed by atoms with Gasteiger partial charge < -0.3 is 14.8 Å². The van der Waals surface area contributed by atoms with E-state index in [0.717, 1.165) is 38.0 Å². The molecule has 1 fully saturated rings. The minimum absolute atomic E-state index is 0.145. The lowest BCUT2D eigenvalue weighted by Gasteiger charge is -2.24. The highest BCUT2D eigenvalue weighted by Crippen LogP contribution is 2.20. The van der Waals surface area contributed by atoms with Crippen molar-refractivity contribution in [3.05, 3.63) is 54.1 Å². The van der Waals surface area contributed by atoms with E-state index < -0.39 is 0 Å². The summed E-state index contributed by atoms with van der Waals surface area (Å²) in [7, 11) is 1.94. The van der Waals surface area contributed by atoms with Crippen molar-refractivity contribution < 1.29 is 4.79 Å². The molecule has 116 valence electrons. The van der Waals surface area contributed by atoms with E-state index in [0.29, 0.717) is 6.04 Å². The maximum absolute atomic E-state index is 12.6. The van der Waals surface area contributed by atoms with Crippen LogP contribution in [0.4, 0.5) is 0 Å². The van der Waals surface area contributed by atoms with Crippen molar-refractivity contribution in [1.29, 1.82) is 0 Å². The Bertz CT molecular complexity index is 606. The van der Waals surface area contributed by atoms with Gasteiger partial charge in [-0.15, -0.1) is 0 Å². The van der Waals surface area contributed by atoms with Gasteiger partial charge in [-0.25, -0.2) is 4.98 Å². The Morgan fingerprint density at radius 1 is 1.36 bits per heavy atom. The number of hydrogen-bond acceptors (Lipinski definition) is 3. The number of nitrogens with zero attached hydrogens (tertiary/aromatic N) is 3. The van der Waals surface area contributed by atoms with Gasteiger partial charge in [-0.3, -0.25) is 4.79 Å². The molecule has 0 spiro atoms. The normalized spacial score (nSPS) is 17.9. The summed E-state index contributed by atoms with van der Waals surface area (Å²) in [5.74, 6) is 0.145. The number of aromatic nitrogens is 2. The lowest BCUT2D eigenvalue weighted by Crippen LogP contribution is -2.40. The van der Waals surface area contributed by atoms with Crippen LogP contribution in [0.2, 0.25) is 0 Å². The average molecular weight is 298 g/mol. The largest absolute Gasteiger partial charge is 0.334 e. The molecule has 3 rings (SSSR count). The smallest absolute Gasteiger partial charge is 0.254 e. The lowest BCUT2D eigenvalue weighted by atomic mass is 10.1. The first-order chi connectivity index (χ1) is 10.8. The summed E-state index contributed by atoms with van der Waals surface area (Å²) in [4.78, 5) is 18.7. The van der Waals surface area contributed by atoms with Crippen LogP contribution >= 0.6 is 0 Å². The lowest BCUT2D eigenvalue weighted by molar-refractivity contribution is 0.0737. The van der Waals surface area contributed by atoms with Crippen LogP contribution in [0.3, 0.4) is 0 Å². The molecule has 1 aliphatic rings. The van der Waals surface area contributed by atoms with Gasteiger partial charge in [0, 0.05) is 43.6 Å². The Morgan fingerprint density at radius 2 is 2.18 bits per heavy atom. The number of likely N-dealkylation sites (N-methyl/N-ethyl adjacent to an activating group) is 1. The van der Waals surface area contributed by atoms with E-state index in [1.807, 2.05) is 47.0 Å². The summed E-state index contributed by atoms with van der Waals surface area (Å²) in [5.41, 5.74) is 1.94. The van der Waals surface area contributed by atoms with Crippen LogP contribution in [-0.4, -0.2) is 46.5 Å². The Labute approximate surface area is 131 Å². The second kappa shape index (κ2) is 6.75. The van der Waals surface area contributed by atoms with Crippen molar-refractivity contribution in [2.24, 2.45) is 0 Å². The number of benzene rings is 1. The molecule has 1 amide bonds. The fraction of sp³-hybridized carbons (Fsp3) is 0.412. The Hall–Kier alpha value is -2.14. The van der Waals surface area contributed by atoms with Crippen molar-refractivity contribution in [1.82, 2.24) is 19.8 Å². The summed E-state index contributed by atoms with van der Waals surface area (Å²) in [5, 5.41) is 3.18. The molecule has 1 aromatic carbocycles. The van der Waals surface area contributed by atoms with Gasteiger partial charge in [0.05, 0.1) is 6.33 Å². The van der Waals surface area contributed by atoms with Crippen molar-refractivity contribution in [3.8, 4) is 0 Å². The van der Waals surface area contributed by atoms with E-state index in [-0.39, 0.29) is 5.91 Å². The van der Waals surface area contributed by atoms with Crippen LogP contribution in [0, 0.1) is 0 Å². The zero-order valence-electron chi connectivity index (χ0n) is 12.9. The van der Waals surface area contributed by atoms with Crippen LogP contribution in [0.5, 0.6) is 0 Å². The zero-order valence-corrected chi connectivity index (χ0v) is 12.9. The molecular formula is C17H22N4O. The van der Waals surface area contributed by atoms with Crippen LogP contribution in [0.1, 0.15) is 28.8 Å². The van der Waals surface area contributed by atoms with Crippen molar-refractivity contribution >= 4 is 5.91 Å². The average Bonchev–Trinajstić information content (AvgIpc) is 3.19. The number of rotatable bonds is 5. The van der Waals surface area contributed by atoms with Gasteiger partial charge in [0.2, 0.25) is 0 Å². The van der Waals surface area contributed by atoms with E-state index in [1.54, 1.807) is 12.5 Å². The van der Waals surface area contributed by atoms with Gasteiger partial charge in [-0.2, -0.15) is 0 Å². The molecule has 1 saturated heterocycles. The number of imidazole rings is 1. The van der Waals surface area contributed by atoms with Gasteiger partial charge in [0.15, 0.2) is 0 Å². The summed E-state index contributed by atoms with van der Waals surface area (Å²) in [6.45, 7) is 2.51. The predicted octanol–water partition coefficient (Wildman–Crippen LogP) is 1.76. The third-order valence-corrected chi connectivity index (χ3v) is 4.20. The zero-order chi connectivity index (χ0) is 15.4. The molecule has 0 radical (unpaired) electrons. The van der Waals surface area contributed by atoms with Gasteiger partial charge >= 0.3 is 0 Å². The third kappa shape index (κ3) is 3.20. The van der Waals surface area contributed by atoms with Crippen molar-refractivity contribution in [2.45, 2.75) is 25.4 Å². The summed E-state index contributed by atoms with van der Waals surface area (Å²) in [6, 6.07) is 8.24. The molecule has 2 aromatic rings. The number of likely N-dealkylation sites (tertiary alicyclic amines) is 1. The SMILES string of the molecule is CNCC1CCCN1C(=O)c1ccc(Cn2ccnc2)cc1. The van der Waals surface area contributed by atoms with Crippen LogP contribution < -0.4 is 5.32 Å². The number of carbonyl (C=O) groups is 1. The highest BCUT2D eigenvalue weighted by atomic mass is 16.2. The molecule has 1 atom stereocenters. The predicted molar refractivity (Wildman–Crippen MR) is 85.8 cm³/mol. The highest BCUT2D eigenvalue weighted by Gasteiger charge is 2.28. The summed E-state index contributed by atoms with van der Waals surface area (Å²) >= 11 is 0. The molecule has 1 aromatic heterocycles. The molecular weight excluding hydrogens is 276 g/mol. The fourth-order valence-electron chi connectivity index (χ4n) is 3.06. The standard InChI is InChI=1S/C17H22N4O/c1-18-11-16-3-2-9-21(16)17(22)15-6-4-14(5-7-15)12-20-10-8-19-13-20/h4-8,10,13,16,18H,2-3,9,11-12H2,1H3. The van der Waals surface area contributed by atoms with Crippen LogP contribution in [0.25, 0.3) is 0 Å². The molecule has 5 nitrogen and oxygen atoms in total. The van der Waals surface area contributed by atoms with E-state index in [2.05, 4.69) is 10.3 Å². The van der Waals surface area contributed by atoms with Gasteiger partial charge in [0.25, 0.3) is 5.91 Å². The van der Waals surface area contributed by atoms with Crippen LogP contribution in [0.15, 0.2) is 43.0 Å². The molecule has 0 saturated carbocycles. The maximum Gasteiger partial charge on any atom is 0.254 e. The number of amides is 1. The molecule has 5 heteroatoms. The number of nitrogens with one attached hydrogen (secondary N) is 1. The van der Waals surface area contributed by atoms with E-state index in [1.165, 1.54) is 5.56 Å². The van der Waals surface area contributed by atoms with Gasteiger partial charge in [-0.05, 0) is 37.6 Å².